The first kappa shape index (κ1) is 16.8. The van der Waals surface area contributed by atoms with Crippen molar-refractivity contribution in [1.29, 1.82) is 0 Å². The highest BCUT2D eigenvalue weighted by molar-refractivity contribution is 7.80. The van der Waals surface area contributed by atoms with E-state index >= 15 is 0 Å². The average Bonchev–Trinajstić information content (AvgIpc) is 2.26. The molecule has 4 nitrogen and oxygen atoms in total. The third-order valence-electron chi connectivity index (χ3n) is 3.80. The lowest BCUT2D eigenvalue weighted by atomic mass is 9.89. The molecule has 0 bridgehead atoms. The predicted molar refractivity (Wildman–Crippen MR) is 84.4 cm³/mol. The van der Waals surface area contributed by atoms with Crippen LogP contribution in [0.3, 0.4) is 0 Å². The van der Waals surface area contributed by atoms with Gasteiger partial charge in [0, 0.05) is 38.1 Å². The molecule has 0 unspecified atom stereocenters. The second-order valence-electron chi connectivity index (χ2n) is 6.93. The smallest absolute Gasteiger partial charge is 0.0784 e. The summed E-state index contributed by atoms with van der Waals surface area (Å²) in [5, 5.41) is 9.82. The number of nitrogens with two attached hydrogens (primary N) is 1. The van der Waals surface area contributed by atoms with E-state index in [1.54, 1.807) is 0 Å². The Morgan fingerprint density at radius 1 is 1.11 bits per heavy atom. The van der Waals surface area contributed by atoms with Crippen LogP contribution in [-0.2, 0) is 0 Å². The lowest BCUT2D eigenvalue weighted by Crippen LogP contribution is -2.51. The Bertz CT molecular complexity index is 304. The minimum absolute atomic E-state index is 0.0560. The van der Waals surface area contributed by atoms with Gasteiger partial charge >= 0.3 is 0 Å². The van der Waals surface area contributed by atoms with E-state index in [1.165, 1.54) is 0 Å². The monoisotopic (exact) mass is 287 g/mol. The van der Waals surface area contributed by atoms with Gasteiger partial charge in [-0.05, 0) is 26.8 Å². The zero-order valence-corrected chi connectivity index (χ0v) is 13.6. The SMILES string of the molecule is CC(C)(O)CN1CCN(CCC(C)(C)C(N)=S)CC1. The van der Waals surface area contributed by atoms with Gasteiger partial charge in [0.15, 0.2) is 0 Å². The Morgan fingerprint density at radius 3 is 2.00 bits per heavy atom. The predicted octanol–water partition coefficient (Wildman–Crippen LogP) is 1.08. The van der Waals surface area contributed by atoms with E-state index in [0.29, 0.717) is 4.99 Å². The Morgan fingerprint density at radius 2 is 1.58 bits per heavy atom. The third-order valence-corrected chi connectivity index (χ3v) is 4.35. The molecule has 0 amide bonds. The van der Waals surface area contributed by atoms with Gasteiger partial charge in [-0.2, -0.15) is 0 Å². The molecule has 0 aromatic rings. The quantitative estimate of drug-likeness (QED) is 0.716. The first-order valence-corrected chi connectivity index (χ1v) is 7.48. The summed E-state index contributed by atoms with van der Waals surface area (Å²) in [6, 6.07) is 0. The van der Waals surface area contributed by atoms with Crippen molar-refractivity contribution in [2.75, 3.05) is 39.3 Å². The van der Waals surface area contributed by atoms with Crippen molar-refractivity contribution < 1.29 is 5.11 Å². The van der Waals surface area contributed by atoms with Gasteiger partial charge < -0.3 is 15.7 Å². The summed E-state index contributed by atoms with van der Waals surface area (Å²) in [4.78, 5) is 5.39. The van der Waals surface area contributed by atoms with Crippen LogP contribution in [0.5, 0.6) is 0 Å². The number of hydrogen-bond donors (Lipinski definition) is 2. The molecule has 0 aliphatic carbocycles. The molecule has 0 saturated carbocycles. The molecule has 0 aromatic carbocycles. The molecule has 1 heterocycles. The van der Waals surface area contributed by atoms with Crippen molar-refractivity contribution in [1.82, 2.24) is 9.80 Å². The molecule has 5 heteroatoms. The van der Waals surface area contributed by atoms with Crippen LogP contribution in [0.15, 0.2) is 0 Å². The van der Waals surface area contributed by atoms with Crippen LogP contribution < -0.4 is 5.73 Å². The van der Waals surface area contributed by atoms with E-state index < -0.39 is 5.60 Å². The lowest BCUT2D eigenvalue weighted by molar-refractivity contribution is 0.0170. The van der Waals surface area contributed by atoms with Gasteiger partial charge in [-0.15, -0.1) is 0 Å². The number of hydrogen-bond acceptors (Lipinski definition) is 4. The first-order valence-electron chi connectivity index (χ1n) is 7.07. The maximum absolute atomic E-state index is 9.82. The molecule has 112 valence electrons. The summed E-state index contributed by atoms with van der Waals surface area (Å²) in [5.41, 5.74) is 5.10. The molecule has 1 saturated heterocycles. The topological polar surface area (TPSA) is 52.7 Å². The van der Waals surface area contributed by atoms with Crippen LogP contribution in [0.4, 0.5) is 0 Å². The fourth-order valence-electron chi connectivity index (χ4n) is 2.28. The Hall–Kier alpha value is -0.230. The van der Waals surface area contributed by atoms with Gasteiger partial charge in [-0.1, -0.05) is 26.1 Å². The molecule has 0 radical (unpaired) electrons. The van der Waals surface area contributed by atoms with Crippen molar-refractivity contribution in [3.63, 3.8) is 0 Å². The molecule has 1 aliphatic rings. The van der Waals surface area contributed by atoms with Crippen molar-refractivity contribution in [3.05, 3.63) is 0 Å². The van der Waals surface area contributed by atoms with Crippen LogP contribution in [0.1, 0.15) is 34.1 Å². The Labute approximate surface area is 122 Å². The van der Waals surface area contributed by atoms with Crippen molar-refractivity contribution in [2.45, 2.75) is 39.7 Å². The molecular weight excluding hydrogens is 258 g/mol. The van der Waals surface area contributed by atoms with E-state index in [1.807, 2.05) is 13.8 Å². The minimum atomic E-state index is -0.601. The van der Waals surface area contributed by atoms with Gasteiger partial charge in [-0.3, -0.25) is 4.90 Å². The van der Waals surface area contributed by atoms with Gasteiger partial charge in [0.05, 0.1) is 10.6 Å². The number of aliphatic hydroxyl groups is 1. The Balaban J connectivity index is 2.29. The molecule has 0 spiro atoms. The summed E-state index contributed by atoms with van der Waals surface area (Å²) >= 11 is 5.10. The van der Waals surface area contributed by atoms with Crippen molar-refractivity contribution in [3.8, 4) is 0 Å². The minimum Gasteiger partial charge on any atom is -0.393 e. The van der Waals surface area contributed by atoms with Gasteiger partial charge in [-0.25, -0.2) is 0 Å². The van der Waals surface area contributed by atoms with E-state index in [-0.39, 0.29) is 5.41 Å². The molecule has 1 aliphatic heterocycles. The maximum atomic E-state index is 9.82. The largest absolute Gasteiger partial charge is 0.393 e. The molecule has 3 N–H and O–H groups in total. The number of thiocarbonyl (C=S) groups is 1. The summed E-state index contributed by atoms with van der Waals surface area (Å²) < 4.78 is 0. The average molecular weight is 287 g/mol. The molecule has 1 rings (SSSR count). The fourth-order valence-corrected chi connectivity index (χ4v) is 2.38. The zero-order valence-electron chi connectivity index (χ0n) is 12.8. The zero-order chi connectivity index (χ0) is 14.7. The standard InChI is InChI=1S/C14H29N3OS/c1-13(2,12(15)19)5-6-16-7-9-17(10-8-16)11-14(3,4)18/h18H,5-11H2,1-4H3,(H2,15,19). The van der Waals surface area contributed by atoms with Gasteiger partial charge in [0.25, 0.3) is 0 Å². The Kier molecular flexibility index (Phi) is 5.74. The summed E-state index contributed by atoms with van der Waals surface area (Å²) in [7, 11) is 0. The van der Waals surface area contributed by atoms with Crippen LogP contribution >= 0.6 is 12.2 Å². The molecule has 1 fully saturated rings. The highest BCUT2D eigenvalue weighted by Crippen LogP contribution is 2.21. The van der Waals surface area contributed by atoms with Gasteiger partial charge in [0.1, 0.15) is 0 Å². The molecule has 0 atom stereocenters. The van der Waals surface area contributed by atoms with Crippen LogP contribution in [0.2, 0.25) is 0 Å². The second-order valence-corrected chi connectivity index (χ2v) is 7.37. The summed E-state index contributed by atoms with van der Waals surface area (Å²) in [6.07, 6.45) is 1.01. The lowest BCUT2D eigenvalue weighted by Gasteiger charge is -2.38. The second kappa shape index (κ2) is 6.48. The normalized spacial score (nSPS) is 19.6. The van der Waals surface area contributed by atoms with Crippen LogP contribution in [-0.4, -0.2) is 64.8 Å². The van der Waals surface area contributed by atoms with E-state index in [4.69, 9.17) is 18.0 Å². The number of rotatable bonds is 6. The van der Waals surface area contributed by atoms with Crippen LogP contribution in [0.25, 0.3) is 0 Å². The molecular formula is C14H29N3OS. The fraction of sp³-hybridized carbons (Fsp3) is 0.929. The number of piperazine rings is 1. The van der Waals surface area contributed by atoms with E-state index in [2.05, 4.69) is 23.6 Å². The van der Waals surface area contributed by atoms with E-state index in [9.17, 15) is 5.11 Å². The van der Waals surface area contributed by atoms with Crippen LogP contribution in [0, 0.1) is 5.41 Å². The molecule has 0 aromatic heterocycles. The highest BCUT2D eigenvalue weighted by Gasteiger charge is 2.25. The summed E-state index contributed by atoms with van der Waals surface area (Å²) in [5.74, 6) is 0. The van der Waals surface area contributed by atoms with E-state index in [0.717, 1.165) is 45.7 Å². The highest BCUT2D eigenvalue weighted by atomic mass is 32.1. The summed E-state index contributed by atoms with van der Waals surface area (Å²) in [6.45, 7) is 13.9. The first-order chi connectivity index (χ1) is 8.60. The maximum Gasteiger partial charge on any atom is 0.0784 e. The third kappa shape index (κ3) is 6.17. The number of nitrogens with zero attached hydrogens (tertiary/aromatic N) is 2. The van der Waals surface area contributed by atoms with Gasteiger partial charge in [0.2, 0.25) is 0 Å². The molecule has 19 heavy (non-hydrogen) atoms. The van der Waals surface area contributed by atoms with Crippen molar-refractivity contribution >= 4 is 17.2 Å². The number of β-amino-alcohol motifs (C(OH)–C–C–N with tert-alkyl or cyclic N) is 1. The van der Waals surface area contributed by atoms with Crippen molar-refractivity contribution in [2.24, 2.45) is 11.1 Å².